The van der Waals surface area contributed by atoms with Crippen LogP contribution >= 0.6 is 0 Å². The van der Waals surface area contributed by atoms with E-state index in [4.69, 9.17) is 0 Å². The third-order valence-corrected chi connectivity index (χ3v) is 6.88. The lowest BCUT2D eigenvalue weighted by atomic mass is 9.85. The van der Waals surface area contributed by atoms with Crippen LogP contribution in [0.4, 0.5) is 13.2 Å². The highest BCUT2D eigenvalue weighted by atomic mass is 19.4. The summed E-state index contributed by atoms with van der Waals surface area (Å²) in [7, 11) is 0. The molecular weight excluding hydrogens is 477 g/mol. The molecular formula is C24H27F3N6O3. The highest BCUT2D eigenvalue weighted by molar-refractivity contribution is 5.94. The van der Waals surface area contributed by atoms with Crippen molar-refractivity contribution in [2.45, 2.75) is 64.3 Å². The molecule has 1 aliphatic heterocycles. The first-order valence-corrected chi connectivity index (χ1v) is 11.6. The van der Waals surface area contributed by atoms with Crippen molar-refractivity contribution in [3.63, 3.8) is 0 Å². The number of hydrogen-bond acceptors (Lipinski definition) is 5. The number of rotatable bonds is 5. The van der Waals surface area contributed by atoms with Gasteiger partial charge in [-0.2, -0.15) is 23.5 Å². The third kappa shape index (κ3) is 4.87. The van der Waals surface area contributed by atoms with Gasteiger partial charge in [0.25, 0.3) is 0 Å². The van der Waals surface area contributed by atoms with Gasteiger partial charge in [-0.1, -0.05) is 26.8 Å². The third-order valence-electron chi connectivity index (χ3n) is 6.88. The van der Waals surface area contributed by atoms with Gasteiger partial charge >= 0.3 is 12.1 Å². The van der Waals surface area contributed by atoms with Crippen molar-refractivity contribution in [2.75, 3.05) is 6.54 Å². The van der Waals surface area contributed by atoms with Crippen molar-refractivity contribution < 1.29 is 27.6 Å². The number of carbonyl (C=O) groups excluding carboxylic acids is 3. The predicted octanol–water partition coefficient (Wildman–Crippen LogP) is 2.49. The highest BCUT2D eigenvalue weighted by Gasteiger charge is 2.57. The van der Waals surface area contributed by atoms with Gasteiger partial charge in [-0.15, -0.1) is 0 Å². The standard InChI is InChI=1S/C24H27F3N6O3/c1-22(2,3)18(31-21(36)24(25,26)27)20(35)32-13-23(7-8-23)10-17(32)19(34)30-15(11-28)14-12-29-33-9-5-4-6-16(14)33/h4-6,9,12,15,17-18H,7-8,10,13H2,1-3H3,(H,30,34)(H,31,36). The molecule has 3 unspecified atom stereocenters. The second kappa shape index (κ2) is 8.80. The zero-order chi connectivity index (χ0) is 26.5. The minimum atomic E-state index is -5.16. The molecule has 9 nitrogen and oxygen atoms in total. The number of fused-ring (bicyclic) bond motifs is 1. The summed E-state index contributed by atoms with van der Waals surface area (Å²) in [6, 6.07) is 3.81. The molecule has 3 heterocycles. The molecule has 2 aromatic heterocycles. The smallest absolute Gasteiger partial charge is 0.336 e. The first kappa shape index (κ1) is 25.5. The Balaban J connectivity index is 1.58. The van der Waals surface area contributed by atoms with Crippen molar-refractivity contribution in [2.24, 2.45) is 10.8 Å². The summed E-state index contributed by atoms with van der Waals surface area (Å²) in [5.74, 6) is -3.55. The molecule has 1 saturated carbocycles. The van der Waals surface area contributed by atoms with Gasteiger partial charge in [-0.3, -0.25) is 14.4 Å². The zero-order valence-electron chi connectivity index (χ0n) is 20.1. The number of halogens is 3. The molecule has 4 rings (SSSR count). The largest absolute Gasteiger partial charge is 0.471 e. The molecule has 3 atom stereocenters. The van der Waals surface area contributed by atoms with Crippen LogP contribution in [0.2, 0.25) is 0 Å². The number of nitrogens with one attached hydrogen (secondary N) is 2. The molecule has 1 spiro atoms. The monoisotopic (exact) mass is 504 g/mol. The van der Waals surface area contributed by atoms with Crippen LogP contribution in [0.3, 0.4) is 0 Å². The fraction of sp³-hybridized carbons (Fsp3) is 0.542. The van der Waals surface area contributed by atoms with E-state index in [-0.39, 0.29) is 12.0 Å². The molecule has 0 radical (unpaired) electrons. The summed E-state index contributed by atoms with van der Waals surface area (Å²) in [6.07, 6.45) is -0.0765. The van der Waals surface area contributed by atoms with Crippen molar-refractivity contribution in [1.82, 2.24) is 25.1 Å². The molecule has 0 aromatic carbocycles. The summed E-state index contributed by atoms with van der Waals surface area (Å²) in [6.45, 7) is 4.83. The zero-order valence-corrected chi connectivity index (χ0v) is 20.1. The molecule has 36 heavy (non-hydrogen) atoms. The number of likely N-dealkylation sites (tertiary alicyclic amines) is 1. The van der Waals surface area contributed by atoms with Crippen molar-refractivity contribution in [3.8, 4) is 6.07 Å². The Kier molecular flexibility index (Phi) is 6.22. The lowest BCUT2D eigenvalue weighted by molar-refractivity contribution is -0.176. The summed E-state index contributed by atoms with van der Waals surface area (Å²) in [5.41, 5.74) is -0.218. The van der Waals surface area contributed by atoms with Gasteiger partial charge in [0, 0.05) is 18.3 Å². The number of aromatic nitrogens is 2. The number of alkyl halides is 3. The normalized spacial score (nSPS) is 20.6. The Hall–Kier alpha value is -3.62. The van der Waals surface area contributed by atoms with Crippen molar-refractivity contribution in [3.05, 3.63) is 36.2 Å². The fourth-order valence-electron chi connectivity index (χ4n) is 4.68. The van der Waals surface area contributed by atoms with Crippen LogP contribution in [0.5, 0.6) is 0 Å². The van der Waals surface area contributed by atoms with Crippen LogP contribution in [-0.4, -0.2) is 57.0 Å². The van der Waals surface area contributed by atoms with Gasteiger partial charge in [0.05, 0.1) is 17.8 Å². The number of nitrogens with zero attached hydrogens (tertiary/aromatic N) is 4. The van der Waals surface area contributed by atoms with Gasteiger partial charge in [0.1, 0.15) is 18.1 Å². The molecule has 2 fully saturated rings. The fourth-order valence-corrected chi connectivity index (χ4v) is 4.68. The van der Waals surface area contributed by atoms with Gasteiger partial charge in [0.2, 0.25) is 11.8 Å². The van der Waals surface area contributed by atoms with Crippen molar-refractivity contribution in [1.29, 1.82) is 5.26 Å². The minimum Gasteiger partial charge on any atom is -0.336 e. The maximum Gasteiger partial charge on any atom is 0.471 e. The van der Waals surface area contributed by atoms with Crippen LogP contribution < -0.4 is 10.6 Å². The second-order valence-electron chi connectivity index (χ2n) is 10.7. The molecule has 2 N–H and O–H groups in total. The number of carbonyl (C=O) groups is 3. The Morgan fingerprint density at radius 1 is 1.19 bits per heavy atom. The number of nitriles is 1. The summed E-state index contributed by atoms with van der Waals surface area (Å²) in [4.78, 5) is 39.9. The summed E-state index contributed by atoms with van der Waals surface area (Å²) < 4.78 is 40.5. The van der Waals surface area contributed by atoms with E-state index >= 15 is 0 Å². The number of pyridine rings is 1. The molecule has 0 bridgehead atoms. The maximum atomic E-state index is 13.5. The van der Waals surface area contributed by atoms with E-state index in [9.17, 15) is 32.8 Å². The minimum absolute atomic E-state index is 0.201. The topological polar surface area (TPSA) is 120 Å². The van der Waals surface area contributed by atoms with Crippen LogP contribution in [0.25, 0.3) is 5.52 Å². The molecule has 1 aliphatic carbocycles. The Morgan fingerprint density at radius 3 is 2.47 bits per heavy atom. The SMILES string of the molecule is CC(C)(C)C(NC(=O)C(F)(F)F)C(=O)N1CC2(CC2)CC1C(=O)NC(C#N)c1cnn2ccccc12. The van der Waals surface area contributed by atoms with Crippen LogP contribution in [0, 0.1) is 22.2 Å². The van der Waals surface area contributed by atoms with E-state index in [0.29, 0.717) is 17.5 Å². The molecule has 12 heteroatoms. The van der Waals surface area contributed by atoms with Crippen molar-refractivity contribution >= 4 is 23.2 Å². The number of amides is 3. The maximum absolute atomic E-state index is 13.5. The van der Waals surface area contributed by atoms with E-state index in [2.05, 4.69) is 16.5 Å². The van der Waals surface area contributed by atoms with Crippen LogP contribution in [-0.2, 0) is 14.4 Å². The lowest BCUT2D eigenvalue weighted by Crippen LogP contribution is -2.59. The molecule has 192 valence electrons. The van der Waals surface area contributed by atoms with E-state index in [1.165, 1.54) is 11.1 Å². The second-order valence-corrected chi connectivity index (χ2v) is 10.7. The van der Waals surface area contributed by atoms with E-state index in [1.807, 2.05) is 5.32 Å². The van der Waals surface area contributed by atoms with Gasteiger partial charge < -0.3 is 15.5 Å². The molecule has 1 saturated heterocycles. The summed E-state index contributed by atoms with van der Waals surface area (Å²) >= 11 is 0. The number of hydrogen-bond donors (Lipinski definition) is 2. The summed E-state index contributed by atoms with van der Waals surface area (Å²) in [5, 5.41) is 18.5. The highest BCUT2D eigenvalue weighted by Crippen LogP contribution is 2.55. The average molecular weight is 505 g/mol. The van der Waals surface area contributed by atoms with Crippen LogP contribution in [0.15, 0.2) is 30.6 Å². The Bertz CT molecular complexity index is 1240. The van der Waals surface area contributed by atoms with Crippen LogP contribution in [0.1, 0.15) is 51.6 Å². The van der Waals surface area contributed by atoms with E-state index in [0.717, 1.165) is 12.8 Å². The Morgan fingerprint density at radius 2 is 1.89 bits per heavy atom. The van der Waals surface area contributed by atoms with Gasteiger partial charge in [-0.05, 0) is 42.2 Å². The van der Waals surface area contributed by atoms with Gasteiger partial charge in [0.15, 0.2) is 0 Å². The predicted molar refractivity (Wildman–Crippen MR) is 121 cm³/mol. The average Bonchev–Trinajstić information content (AvgIpc) is 3.24. The van der Waals surface area contributed by atoms with E-state index in [1.54, 1.807) is 49.7 Å². The first-order valence-electron chi connectivity index (χ1n) is 11.6. The van der Waals surface area contributed by atoms with Gasteiger partial charge in [-0.25, -0.2) is 4.52 Å². The quantitative estimate of drug-likeness (QED) is 0.649. The Labute approximate surface area is 205 Å². The lowest BCUT2D eigenvalue weighted by Gasteiger charge is -2.35. The molecule has 2 aromatic rings. The molecule has 2 aliphatic rings. The van der Waals surface area contributed by atoms with E-state index < -0.39 is 47.4 Å². The first-order chi connectivity index (χ1) is 16.8. The molecule has 3 amide bonds.